The fraction of sp³-hybridized carbons (Fsp3) is 0.632. The number of rotatable bonds is 8. The molecule has 0 bridgehead atoms. The molecule has 1 atom stereocenters. The van der Waals surface area contributed by atoms with Crippen molar-refractivity contribution in [3.8, 4) is 0 Å². The van der Waals surface area contributed by atoms with E-state index in [1.807, 2.05) is 12.1 Å². The minimum absolute atomic E-state index is 0.0206. The third-order valence-electron chi connectivity index (χ3n) is 4.74. The van der Waals surface area contributed by atoms with Crippen molar-refractivity contribution in [2.24, 2.45) is 5.73 Å². The molecule has 1 saturated heterocycles. The maximum Gasteiger partial charge on any atom is 0.251 e. The van der Waals surface area contributed by atoms with Gasteiger partial charge in [-0.3, -0.25) is 9.69 Å². The molecule has 134 valence electrons. The maximum atomic E-state index is 12.3. The molecule has 0 aliphatic carbocycles. The molecule has 1 aromatic carbocycles. The van der Waals surface area contributed by atoms with E-state index in [4.69, 9.17) is 5.73 Å². The van der Waals surface area contributed by atoms with Gasteiger partial charge in [0, 0.05) is 50.9 Å². The second-order valence-electron chi connectivity index (χ2n) is 6.82. The quantitative estimate of drug-likeness (QED) is 0.760. The molecule has 0 aromatic heterocycles. The summed E-state index contributed by atoms with van der Waals surface area (Å²) in [4.78, 5) is 17.2. The lowest BCUT2D eigenvalue weighted by atomic mass is 10.1. The van der Waals surface area contributed by atoms with Gasteiger partial charge in [-0.25, -0.2) is 0 Å². The standard InChI is InChI=1S/C19H32N4O/c1-3-4-5-18(14-20)21-19(24)17-8-6-16(7-9-17)15-23-12-10-22(2)11-13-23/h6-9,18H,3-5,10-15,20H2,1-2H3,(H,21,24). The average Bonchev–Trinajstić information content (AvgIpc) is 2.61. The number of nitrogens with one attached hydrogen (secondary N) is 1. The number of nitrogens with zero attached hydrogens (tertiary/aromatic N) is 2. The largest absolute Gasteiger partial charge is 0.348 e. The van der Waals surface area contributed by atoms with Gasteiger partial charge in [0.15, 0.2) is 0 Å². The van der Waals surface area contributed by atoms with Crippen molar-refractivity contribution in [2.45, 2.75) is 38.8 Å². The number of amides is 1. The molecule has 24 heavy (non-hydrogen) atoms. The van der Waals surface area contributed by atoms with Crippen LogP contribution >= 0.6 is 0 Å². The highest BCUT2D eigenvalue weighted by molar-refractivity contribution is 5.94. The summed E-state index contributed by atoms with van der Waals surface area (Å²) in [5.41, 5.74) is 7.73. The Morgan fingerprint density at radius 2 is 1.88 bits per heavy atom. The molecule has 2 rings (SSSR count). The maximum absolute atomic E-state index is 12.3. The molecule has 0 spiro atoms. The van der Waals surface area contributed by atoms with Crippen LogP contribution in [-0.2, 0) is 6.54 Å². The van der Waals surface area contributed by atoms with E-state index < -0.39 is 0 Å². The number of piperazine rings is 1. The molecule has 1 heterocycles. The third-order valence-corrected chi connectivity index (χ3v) is 4.74. The number of unbranched alkanes of at least 4 members (excludes halogenated alkanes) is 1. The fourth-order valence-electron chi connectivity index (χ4n) is 2.99. The number of benzene rings is 1. The lowest BCUT2D eigenvalue weighted by Gasteiger charge is -2.32. The second-order valence-corrected chi connectivity index (χ2v) is 6.82. The van der Waals surface area contributed by atoms with Crippen molar-refractivity contribution >= 4 is 5.91 Å². The number of carbonyl (C=O) groups is 1. The molecule has 5 nitrogen and oxygen atoms in total. The predicted octanol–water partition coefficient (Wildman–Crippen LogP) is 1.68. The first-order chi connectivity index (χ1) is 11.6. The Labute approximate surface area is 146 Å². The summed E-state index contributed by atoms with van der Waals surface area (Å²) in [6.07, 6.45) is 3.15. The van der Waals surface area contributed by atoms with Gasteiger partial charge in [0.2, 0.25) is 0 Å². The van der Waals surface area contributed by atoms with E-state index in [-0.39, 0.29) is 11.9 Å². The Bertz CT molecular complexity index is 495. The molecule has 0 saturated carbocycles. The molecular weight excluding hydrogens is 300 g/mol. The van der Waals surface area contributed by atoms with Crippen LogP contribution in [0.25, 0.3) is 0 Å². The minimum Gasteiger partial charge on any atom is -0.348 e. The fourth-order valence-corrected chi connectivity index (χ4v) is 2.99. The monoisotopic (exact) mass is 332 g/mol. The molecule has 1 unspecified atom stereocenters. The smallest absolute Gasteiger partial charge is 0.251 e. The van der Waals surface area contributed by atoms with Gasteiger partial charge in [-0.1, -0.05) is 31.9 Å². The number of carbonyl (C=O) groups excluding carboxylic acids is 1. The van der Waals surface area contributed by atoms with E-state index in [9.17, 15) is 4.79 Å². The zero-order valence-electron chi connectivity index (χ0n) is 15.1. The van der Waals surface area contributed by atoms with Crippen molar-refractivity contribution < 1.29 is 4.79 Å². The first kappa shape index (κ1) is 18.9. The van der Waals surface area contributed by atoms with Crippen LogP contribution in [0.15, 0.2) is 24.3 Å². The Hall–Kier alpha value is -1.43. The van der Waals surface area contributed by atoms with E-state index in [2.05, 4.69) is 41.2 Å². The zero-order chi connectivity index (χ0) is 17.4. The van der Waals surface area contributed by atoms with Gasteiger partial charge in [-0.05, 0) is 31.2 Å². The van der Waals surface area contributed by atoms with Gasteiger partial charge >= 0.3 is 0 Å². The Kier molecular flexibility index (Phi) is 7.69. The Morgan fingerprint density at radius 3 is 2.46 bits per heavy atom. The molecule has 1 amide bonds. The van der Waals surface area contributed by atoms with E-state index in [1.165, 1.54) is 5.56 Å². The first-order valence-electron chi connectivity index (χ1n) is 9.13. The van der Waals surface area contributed by atoms with Crippen LogP contribution in [0, 0.1) is 0 Å². The summed E-state index contributed by atoms with van der Waals surface area (Å²) >= 11 is 0. The molecule has 1 aromatic rings. The third kappa shape index (κ3) is 5.89. The van der Waals surface area contributed by atoms with E-state index in [1.54, 1.807) is 0 Å². The minimum atomic E-state index is -0.0206. The summed E-state index contributed by atoms with van der Waals surface area (Å²) in [6, 6.07) is 8.05. The van der Waals surface area contributed by atoms with Gasteiger partial charge in [0.25, 0.3) is 5.91 Å². The number of hydrogen-bond donors (Lipinski definition) is 2. The summed E-state index contributed by atoms with van der Waals surface area (Å²) < 4.78 is 0. The van der Waals surface area contributed by atoms with Crippen LogP contribution in [0.3, 0.4) is 0 Å². The van der Waals surface area contributed by atoms with Crippen LogP contribution in [0.5, 0.6) is 0 Å². The summed E-state index contributed by atoms with van der Waals surface area (Å²) in [7, 11) is 2.17. The molecule has 3 N–H and O–H groups in total. The highest BCUT2D eigenvalue weighted by Crippen LogP contribution is 2.10. The number of likely N-dealkylation sites (N-methyl/N-ethyl adjacent to an activating group) is 1. The van der Waals surface area contributed by atoms with Crippen LogP contribution in [-0.4, -0.2) is 61.5 Å². The molecule has 1 aliphatic rings. The van der Waals surface area contributed by atoms with E-state index in [0.717, 1.165) is 52.0 Å². The summed E-state index contributed by atoms with van der Waals surface area (Å²) in [5.74, 6) is -0.0206. The number of nitrogens with two attached hydrogens (primary N) is 1. The van der Waals surface area contributed by atoms with Gasteiger partial charge in [0.1, 0.15) is 0 Å². The SMILES string of the molecule is CCCCC(CN)NC(=O)c1ccc(CN2CCN(C)CC2)cc1. The first-order valence-corrected chi connectivity index (χ1v) is 9.13. The van der Waals surface area contributed by atoms with Crippen LogP contribution in [0.2, 0.25) is 0 Å². The topological polar surface area (TPSA) is 61.6 Å². The molecule has 1 fully saturated rings. The van der Waals surface area contributed by atoms with Gasteiger partial charge in [-0.2, -0.15) is 0 Å². The van der Waals surface area contributed by atoms with Gasteiger partial charge < -0.3 is 16.0 Å². The highest BCUT2D eigenvalue weighted by atomic mass is 16.1. The summed E-state index contributed by atoms with van der Waals surface area (Å²) in [6.45, 7) is 8.06. The van der Waals surface area contributed by atoms with Crippen LogP contribution < -0.4 is 11.1 Å². The highest BCUT2D eigenvalue weighted by Gasteiger charge is 2.15. The van der Waals surface area contributed by atoms with E-state index >= 15 is 0 Å². The van der Waals surface area contributed by atoms with Crippen molar-refractivity contribution in [2.75, 3.05) is 39.8 Å². The normalized spacial score (nSPS) is 17.6. The van der Waals surface area contributed by atoms with Crippen molar-refractivity contribution in [1.82, 2.24) is 15.1 Å². The lowest BCUT2D eigenvalue weighted by molar-refractivity contribution is 0.0935. The van der Waals surface area contributed by atoms with Gasteiger partial charge in [-0.15, -0.1) is 0 Å². The van der Waals surface area contributed by atoms with E-state index in [0.29, 0.717) is 12.1 Å². The van der Waals surface area contributed by atoms with Crippen molar-refractivity contribution in [3.63, 3.8) is 0 Å². The Balaban J connectivity index is 1.85. The van der Waals surface area contributed by atoms with Gasteiger partial charge in [0.05, 0.1) is 0 Å². The van der Waals surface area contributed by atoms with Crippen LogP contribution in [0.1, 0.15) is 42.1 Å². The zero-order valence-corrected chi connectivity index (χ0v) is 15.1. The number of hydrogen-bond acceptors (Lipinski definition) is 4. The molecule has 0 radical (unpaired) electrons. The van der Waals surface area contributed by atoms with Crippen molar-refractivity contribution in [1.29, 1.82) is 0 Å². The van der Waals surface area contributed by atoms with Crippen LogP contribution in [0.4, 0.5) is 0 Å². The molecule has 5 heteroatoms. The van der Waals surface area contributed by atoms with Crippen molar-refractivity contribution in [3.05, 3.63) is 35.4 Å². The summed E-state index contributed by atoms with van der Waals surface area (Å²) in [5, 5.41) is 3.04. The molecule has 1 aliphatic heterocycles. The Morgan fingerprint density at radius 1 is 1.21 bits per heavy atom. The second kappa shape index (κ2) is 9.77. The molecular formula is C19H32N4O. The predicted molar refractivity (Wildman–Crippen MR) is 99.0 cm³/mol. The average molecular weight is 332 g/mol. The lowest BCUT2D eigenvalue weighted by Crippen LogP contribution is -2.43.